The Morgan fingerprint density at radius 3 is 2.56 bits per heavy atom. The fourth-order valence-electron chi connectivity index (χ4n) is 1.27. The number of alkyl halides is 3. The summed E-state index contributed by atoms with van der Waals surface area (Å²) >= 11 is 0. The molecule has 0 amide bonds. The van der Waals surface area contributed by atoms with Crippen LogP contribution in [0.1, 0.15) is 18.5 Å². The van der Waals surface area contributed by atoms with Crippen LogP contribution in [0.4, 0.5) is 17.6 Å². The quantitative estimate of drug-likeness (QED) is 0.507. The van der Waals surface area contributed by atoms with Crippen LogP contribution in [0.15, 0.2) is 18.2 Å². The second-order valence-electron chi connectivity index (χ2n) is 3.70. The molecule has 18 heavy (non-hydrogen) atoms. The minimum Gasteiger partial charge on any atom is -0.467 e. The van der Waals surface area contributed by atoms with Crippen molar-refractivity contribution in [3.63, 3.8) is 0 Å². The van der Waals surface area contributed by atoms with Crippen LogP contribution < -0.4 is 10.5 Å². The molecule has 3 nitrogen and oxygen atoms in total. The van der Waals surface area contributed by atoms with Crippen molar-refractivity contribution in [2.45, 2.75) is 19.1 Å². The molecule has 2 N–H and O–H groups in total. The third kappa shape index (κ3) is 4.89. The number of hydrogen-bond donors (Lipinski definition) is 1. The Hall–Kier alpha value is -1.34. The van der Waals surface area contributed by atoms with Gasteiger partial charge in [-0.05, 0) is 25.1 Å². The van der Waals surface area contributed by atoms with Crippen molar-refractivity contribution in [1.82, 2.24) is 0 Å². The molecular formula is C11H13F4NO2. The highest BCUT2D eigenvalue weighted by Gasteiger charge is 2.27. The lowest BCUT2D eigenvalue weighted by Gasteiger charge is -2.14. The van der Waals surface area contributed by atoms with E-state index in [0.717, 1.165) is 6.07 Å². The summed E-state index contributed by atoms with van der Waals surface area (Å²) in [5, 5.41) is 0. The van der Waals surface area contributed by atoms with Gasteiger partial charge in [0.15, 0.2) is 6.79 Å². The van der Waals surface area contributed by atoms with Crippen LogP contribution in [-0.2, 0) is 4.74 Å². The van der Waals surface area contributed by atoms with Gasteiger partial charge in [0.25, 0.3) is 0 Å². The van der Waals surface area contributed by atoms with Gasteiger partial charge in [0.05, 0.1) is 0 Å². The molecule has 0 radical (unpaired) electrons. The van der Waals surface area contributed by atoms with E-state index >= 15 is 0 Å². The third-order valence-corrected chi connectivity index (χ3v) is 2.03. The molecule has 0 saturated heterocycles. The molecule has 0 spiro atoms. The molecule has 0 heterocycles. The van der Waals surface area contributed by atoms with E-state index in [4.69, 9.17) is 10.5 Å². The van der Waals surface area contributed by atoms with Crippen LogP contribution in [0.25, 0.3) is 0 Å². The van der Waals surface area contributed by atoms with Gasteiger partial charge in [0.2, 0.25) is 0 Å². The number of hydrogen-bond acceptors (Lipinski definition) is 3. The van der Waals surface area contributed by atoms with E-state index < -0.39 is 31.4 Å². The molecule has 0 unspecified atom stereocenters. The van der Waals surface area contributed by atoms with Gasteiger partial charge in [-0.25, -0.2) is 4.39 Å². The predicted octanol–water partition coefficient (Wildman–Crippen LogP) is 2.76. The zero-order chi connectivity index (χ0) is 13.8. The highest BCUT2D eigenvalue weighted by molar-refractivity contribution is 5.35. The number of rotatable bonds is 5. The Bertz CT molecular complexity index is 393. The zero-order valence-electron chi connectivity index (χ0n) is 9.63. The summed E-state index contributed by atoms with van der Waals surface area (Å²) in [6.07, 6.45) is -4.41. The SMILES string of the molecule is C[C@@H](N)c1cc(F)ccc1OCOCC(F)(F)F. The van der Waals surface area contributed by atoms with E-state index in [1.165, 1.54) is 12.1 Å². The van der Waals surface area contributed by atoms with E-state index in [1.54, 1.807) is 6.92 Å². The van der Waals surface area contributed by atoms with Crippen LogP contribution in [-0.4, -0.2) is 19.6 Å². The van der Waals surface area contributed by atoms with Crippen molar-refractivity contribution in [2.24, 2.45) is 5.73 Å². The first-order valence-corrected chi connectivity index (χ1v) is 5.12. The van der Waals surface area contributed by atoms with Crippen LogP contribution in [0.5, 0.6) is 5.75 Å². The molecule has 0 aliphatic rings. The Kier molecular flexibility index (Phi) is 4.92. The summed E-state index contributed by atoms with van der Waals surface area (Å²) in [5.74, 6) is -0.292. The maximum atomic E-state index is 13.0. The first-order chi connectivity index (χ1) is 8.29. The molecule has 1 rings (SSSR count). The molecule has 0 saturated carbocycles. The largest absolute Gasteiger partial charge is 0.467 e. The highest BCUT2D eigenvalue weighted by atomic mass is 19.4. The minimum absolute atomic E-state index is 0.202. The fraction of sp³-hybridized carbons (Fsp3) is 0.455. The van der Waals surface area contributed by atoms with E-state index in [-0.39, 0.29) is 5.75 Å². The normalized spacial score (nSPS) is 13.4. The summed E-state index contributed by atoms with van der Waals surface area (Å²) in [5.41, 5.74) is 5.96. The molecule has 0 bridgehead atoms. The van der Waals surface area contributed by atoms with Crippen molar-refractivity contribution in [3.05, 3.63) is 29.6 Å². The monoisotopic (exact) mass is 267 g/mol. The van der Waals surface area contributed by atoms with Gasteiger partial charge in [-0.2, -0.15) is 13.2 Å². The Morgan fingerprint density at radius 2 is 2.00 bits per heavy atom. The average Bonchev–Trinajstić information content (AvgIpc) is 2.24. The standard InChI is InChI=1S/C11H13F4NO2/c1-7(16)9-4-8(12)2-3-10(9)18-6-17-5-11(13,14)15/h2-4,7H,5-6,16H2,1H3/t7-/m1/s1. The van der Waals surface area contributed by atoms with E-state index in [0.29, 0.717) is 5.56 Å². The molecule has 7 heteroatoms. The predicted molar refractivity (Wildman–Crippen MR) is 56.5 cm³/mol. The van der Waals surface area contributed by atoms with Crippen molar-refractivity contribution in [1.29, 1.82) is 0 Å². The van der Waals surface area contributed by atoms with Crippen molar-refractivity contribution < 1.29 is 27.0 Å². The smallest absolute Gasteiger partial charge is 0.411 e. The van der Waals surface area contributed by atoms with Crippen molar-refractivity contribution in [3.8, 4) is 5.75 Å². The van der Waals surface area contributed by atoms with Crippen molar-refractivity contribution >= 4 is 0 Å². The molecule has 0 aliphatic heterocycles. The lowest BCUT2D eigenvalue weighted by molar-refractivity contribution is -0.186. The third-order valence-electron chi connectivity index (χ3n) is 2.03. The van der Waals surface area contributed by atoms with E-state index in [1.807, 2.05) is 0 Å². The maximum Gasteiger partial charge on any atom is 0.411 e. The summed E-state index contributed by atoms with van der Waals surface area (Å²) in [4.78, 5) is 0. The molecule has 0 fully saturated rings. The topological polar surface area (TPSA) is 44.5 Å². The summed E-state index contributed by atoms with van der Waals surface area (Å²) < 4.78 is 57.6. The maximum absolute atomic E-state index is 13.0. The van der Waals surface area contributed by atoms with Gasteiger partial charge in [0.1, 0.15) is 18.2 Å². The lowest BCUT2D eigenvalue weighted by Crippen LogP contribution is -2.19. The van der Waals surface area contributed by atoms with Crippen LogP contribution >= 0.6 is 0 Å². The minimum atomic E-state index is -4.41. The van der Waals surface area contributed by atoms with E-state index in [2.05, 4.69) is 4.74 Å². The van der Waals surface area contributed by atoms with Gasteiger partial charge in [0, 0.05) is 11.6 Å². The first kappa shape index (κ1) is 14.7. The second kappa shape index (κ2) is 6.01. The van der Waals surface area contributed by atoms with Gasteiger partial charge < -0.3 is 15.2 Å². The first-order valence-electron chi connectivity index (χ1n) is 5.12. The highest BCUT2D eigenvalue weighted by Crippen LogP contribution is 2.25. The zero-order valence-corrected chi connectivity index (χ0v) is 9.63. The summed E-state index contributed by atoms with van der Waals surface area (Å²) in [6, 6.07) is 3.10. The van der Waals surface area contributed by atoms with E-state index in [9.17, 15) is 17.6 Å². The van der Waals surface area contributed by atoms with Gasteiger partial charge in [-0.15, -0.1) is 0 Å². The van der Waals surface area contributed by atoms with Gasteiger partial charge >= 0.3 is 6.18 Å². The Labute approximate surface area is 101 Å². The molecule has 102 valence electrons. The number of nitrogens with two attached hydrogens (primary N) is 1. The van der Waals surface area contributed by atoms with Crippen LogP contribution in [0.2, 0.25) is 0 Å². The van der Waals surface area contributed by atoms with Crippen LogP contribution in [0, 0.1) is 5.82 Å². The number of ether oxygens (including phenoxy) is 2. The summed E-state index contributed by atoms with van der Waals surface area (Å²) in [7, 11) is 0. The average molecular weight is 267 g/mol. The van der Waals surface area contributed by atoms with Crippen molar-refractivity contribution in [2.75, 3.05) is 13.4 Å². The van der Waals surface area contributed by atoms with Crippen LogP contribution in [0.3, 0.4) is 0 Å². The number of benzene rings is 1. The molecule has 0 aliphatic carbocycles. The molecule has 1 aromatic rings. The lowest BCUT2D eigenvalue weighted by atomic mass is 10.1. The van der Waals surface area contributed by atoms with Gasteiger partial charge in [-0.3, -0.25) is 0 Å². The molecule has 0 aromatic heterocycles. The Morgan fingerprint density at radius 1 is 1.33 bits per heavy atom. The molecule has 1 atom stereocenters. The molecule has 1 aromatic carbocycles. The van der Waals surface area contributed by atoms with Gasteiger partial charge in [-0.1, -0.05) is 0 Å². The molecular weight excluding hydrogens is 254 g/mol. The summed E-state index contributed by atoms with van der Waals surface area (Å²) in [6.45, 7) is -0.370. The Balaban J connectivity index is 2.57. The number of halogens is 4. The fourth-order valence-corrected chi connectivity index (χ4v) is 1.27. The second-order valence-corrected chi connectivity index (χ2v) is 3.70.